The first-order valence-electron chi connectivity index (χ1n) is 11.9. The number of hydrogen-bond acceptors (Lipinski definition) is 4. The Morgan fingerprint density at radius 1 is 0.919 bits per heavy atom. The highest BCUT2D eigenvalue weighted by atomic mass is 35.5. The molecule has 0 saturated carbocycles. The second kappa shape index (κ2) is 12.4. The normalized spacial score (nSPS) is 11.0. The van der Waals surface area contributed by atoms with Crippen LogP contribution in [0.1, 0.15) is 31.2 Å². The number of halogens is 2. The van der Waals surface area contributed by atoms with Crippen molar-refractivity contribution in [3.63, 3.8) is 0 Å². The van der Waals surface area contributed by atoms with Gasteiger partial charge in [0.15, 0.2) is 11.6 Å². The highest BCUT2D eigenvalue weighted by Gasteiger charge is 2.10. The molecular weight excluding hydrogens is 509 g/mol. The van der Waals surface area contributed by atoms with E-state index in [1.54, 1.807) is 18.2 Å². The molecule has 0 fully saturated rings. The second-order valence-electron chi connectivity index (χ2n) is 8.29. The van der Waals surface area contributed by atoms with Gasteiger partial charge in [-0.2, -0.15) is 0 Å². The van der Waals surface area contributed by atoms with E-state index in [1.807, 2.05) is 72.3 Å². The molecule has 4 aromatic rings. The van der Waals surface area contributed by atoms with E-state index in [0.717, 1.165) is 29.7 Å². The number of nitrogens with zero attached hydrogens (tertiary/aromatic N) is 3. The van der Waals surface area contributed by atoms with Crippen molar-refractivity contribution >= 4 is 52.8 Å². The van der Waals surface area contributed by atoms with Gasteiger partial charge in [-0.25, -0.2) is 4.79 Å². The molecule has 0 unspecified atom stereocenters. The van der Waals surface area contributed by atoms with Gasteiger partial charge in [0.25, 0.3) is 0 Å². The van der Waals surface area contributed by atoms with Crippen LogP contribution in [0.4, 0.5) is 16.2 Å². The molecule has 7 nitrogen and oxygen atoms in total. The van der Waals surface area contributed by atoms with Crippen LogP contribution in [-0.2, 0) is 7.05 Å². The topological polar surface area (TPSA) is 81.1 Å². The van der Waals surface area contributed by atoms with Gasteiger partial charge in [0.1, 0.15) is 5.75 Å². The third-order valence-corrected chi connectivity index (χ3v) is 6.25. The number of urea groups is 1. The summed E-state index contributed by atoms with van der Waals surface area (Å²) < 4.78 is 7.52. The molecule has 190 valence electrons. The molecule has 1 heterocycles. The molecule has 0 bridgehead atoms. The maximum absolute atomic E-state index is 12.4. The molecule has 3 aromatic carbocycles. The van der Waals surface area contributed by atoms with Crippen molar-refractivity contribution in [1.82, 2.24) is 14.8 Å². The number of unbranched alkanes of at least 4 members (excludes halogenated alkanes) is 1. The number of amides is 2. The molecule has 0 aliphatic heterocycles. The van der Waals surface area contributed by atoms with E-state index in [1.165, 1.54) is 0 Å². The molecule has 2 N–H and O–H groups in total. The first-order chi connectivity index (χ1) is 17.9. The van der Waals surface area contributed by atoms with Crippen LogP contribution in [0.15, 0.2) is 66.7 Å². The minimum atomic E-state index is -0.336. The van der Waals surface area contributed by atoms with Gasteiger partial charge in [-0.15, -0.1) is 10.2 Å². The number of ether oxygens (including phenoxy) is 1. The van der Waals surface area contributed by atoms with Crippen LogP contribution in [-0.4, -0.2) is 27.4 Å². The summed E-state index contributed by atoms with van der Waals surface area (Å²) in [7, 11) is 1.88. The molecule has 9 heteroatoms. The summed E-state index contributed by atoms with van der Waals surface area (Å²) in [5.41, 5.74) is 2.90. The molecule has 4 rings (SSSR count). The van der Waals surface area contributed by atoms with Crippen molar-refractivity contribution < 1.29 is 9.53 Å². The first kappa shape index (κ1) is 26.3. The van der Waals surface area contributed by atoms with E-state index in [9.17, 15) is 4.79 Å². The molecule has 1 aromatic heterocycles. The summed E-state index contributed by atoms with van der Waals surface area (Å²) >= 11 is 12.5. The monoisotopic (exact) mass is 535 g/mol. The van der Waals surface area contributed by atoms with Crippen molar-refractivity contribution in [2.75, 3.05) is 17.2 Å². The maximum Gasteiger partial charge on any atom is 0.323 e. The quantitative estimate of drug-likeness (QED) is 0.214. The summed E-state index contributed by atoms with van der Waals surface area (Å²) in [6, 6.07) is 19.7. The number of benzene rings is 3. The van der Waals surface area contributed by atoms with Crippen molar-refractivity contribution in [1.29, 1.82) is 0 Å². The van der Waals surface area contributed by atoms with Crippen LogP contribution in [0, 0.1) is 0 Å². The van der Waals surface area contributed by atoms with Gasteiger partial charge in [0.05, 0.1) is 6.61 Å². The van der Waals surface area contributed by atoms with Crippen molar-refractivity contribution in [2.24, 2.45) is 7.05 Å². The van der Waals surface area contributed by atoms with E-state index in [4.69, 9.17) is 27.9 Å². The summed E-state index contributed by atoms with van der Waals surface area (Å²) in [5.74, 6) is 2.11. The zero-order valence-electron chi connectivity index (χ0n) is 20.5. The smallest absolute Gasteiger partial charge is 0.323 e. The predicted molar refractivity (Wildman–Crippen MR) is 151 cm³/mol. The summed E-state index contributed by atoms with van der Waals surface area (Å²) in [4.78, 5) is 12.4. The highest BCUT2D eigenvalue weighted by Crippen LogP contribution is 2.27. The lowest BCUT2D eigenvalue weighted by molar-refractivity contribution is 0.262. The van der Waals surface area contributed by atoms with Gasteiger partial charge < -0.3 is 19.9 Å². The number of nitrogens with one attached hydrogen (secondary N) is 2. The number of carbonyl (C=O) groups excluding carboxylic acids is 1. The maximum atomic E-state index is 12.4. The van der Waals surface area contributed by atoms with Crippen LogP contribution >= 0.6 is 23.2 Å². The van der Waals surface area contributed by atoms with Crippen molar-refractivity contribution in [3.05, 3.63) is 88.2 Å². The van der Waals surface area contributed by atoms with Crippen LogP contribution in [0.25, 0.3) is 23.5 Å². The first-order valence-corrected chi connectivity index (χ1v) is 12.6. The fourth-order valence-corrected chi connectivity index (χ4v) is 4.05. The number of hydrogen-bond donors (Lipinski definition) is 2. The number of aromatic nitrogens is 3. The van der Waals surface area contributed by atoms with E-state index < -0.39 is 0 Å². The van der Waals surface area contributed by atoms with Gasteiger partial charge in [-0.05, 0) is 79.2 Å². The Bertz CT molecular complexity index is 1360. The molecule has 0 saturated heterocycles. The summed E-state index contributed by atoms with van der Waals surface area (Å²) in [6.45, 7) is 2.80. The molecule has 0 radical (unpaired) electrons. The molecule has 0 aliphatic carbocycles. The SMILES string of the molecule is CCCCOc1ccc(NC(=O)Nc2ccc(-c3nnc(/C=C/c4c(Cl)cccc4Cl)n3C)cc2)cc1. The van der Waals surface area contributed by atoms with E-state index in [-0.39, 0.29) is 6.03 Å². The molecule has 2 amide bonds. The minimum absolute atomic E-state index is 0.336. The Hall–Kier alpha value is -3.81. The number of carbonyl (C=O) groups is 1. The van der Waals surface area contributed by atoms with Crippen molar-refractivity contribution in [2.45, 2.75) is 19.8 Å². The number of rotatable bonds is 9. The third-order valence-electron chi connectivity index (χ3n) is 5.59. The van der Waals surface area contributed by atoms with Gasteiger partial charge in [-0.3, -0.25) is 0 Å². The second-order valence-corrected chi connectivity index (χ2v) is 9.11. The average Bonchev–Trinajstić information content (AvgIpc) is 3.25. The molecule has 37 heavy (non-hydrogen) atoms. The highest BCUT2D eigenvalue weighted by molar-refractivity contribution is 6.37. The Labute approximate surface area is 226 Å². The molecule has 0 atom stereocenters. The Kier molecular flexibility index (Phi) is 8.82. The predicted octanol–water partition coefficient (Wildman–Crippen LogP) is 7.78. The Morgan fingerprint density at radius 3 is 2.16 bits per heavy atom. The molecule has 0 aliphatic rings. The lowest BCUT2D eigenvalue weighted by atomic mass is 10.2. The van der Waals surface area contributed by atoms with Gasteiger partial charge in [-0.1, -0.05) is 42.6 Å². The van der Waals surface area contributed by atoms with Gasteiger partial charge >= 0.3 is 6.03 Å². The van der Waals surface area contributed by atoms with E-state index in [0.29, 0.717) is 39.7 Å². The van der Waals surface area contributed by atoms with E-state index in [2.05, 4.69) is 27.8 Å². The fourth-order valence-electron chi connectivity index (χ4n) is 3.53. The fraction of sp³-hybridized carbons (Fsp3) is 0.179. The summed E-state index contributed by atoms with van der Waals surface area (Å²) in [5, 5.41) is 15.3. The molecular formula is C28H27Cl2N5O2. The van der Waals surface area contributed by atoms with Crippen LogP contribution in [0.2, 0.25) is 10.0 Å². The molecule has 0 spiro atoms. The van der Waals surface area contributed by atoms with Crippen LogP contribution < -0.4 is 15.4 Å². The lowest BCUT2D eigenvalue weighted by Gasteiger charge is -2.10. The van der Waals surface area contributed by atoms with E-state index >= 15 is 0 Å². The van der Waals surface area contributed by atoms with Gasteiger partial charge in [0, 0.05) is 39.6 Å². The minimum Gasteiger partial charge on any atom is -0.494 e. The van der Waals surface area contributed by atoms with Crippen LogP contribution in [0.3, 0.4) is 0 Å². The lowest BCUT2D eigenvalue weighted by Crippen LogP contribution is -2.19. The average molecular weight is 536 g/mol. The van der Waals surface area contributed by atoms with Gasteiger partial charge in [0.2, 0.25) is 0 Å². The number of anilines is 2. The van der Waals surface area contributed by atoms with Crippen molar-refractivity contribution in [3.8, 4) is 17.1 Å². The zero-order chi connectivity index (χ0) is 26.2. The van der Waals surface area contributed by atoms with Crippen LogP contribution in [0.5, 0.6) is 5.75 Å². The zero-order valence-corrected chi connectivity index (χ0v) is 22.1. The Balaban J connectivity index is 1.36. The largest absolute Gasteiger partial charge is 0.494 e. The summed E-state index contributed by atoms with van der Waals surface area (Å²) in [6.07, 6.45) is 5.72. The standard InChI is InChI=1S/C28H27Cl2N5O2/c1-3-4-18-37-22-14-12-21(13-15-22)32-28(36)31-20-10-8-19(9-11-20)27-34-33-26(35(27)2)17-16-23-24(29)6-5-7-25(23)30/h5-17H,3-4,18H2,1-2H3,(H2,31,32,36)/b17-16+. The third kappa shape index (κ3) is 6.90. The Morgan fingerprint density at radius 2 is 1.54 bits per heavy atom.